The van der Waals surface area contributed by atoms with Crippen molar-refractivity contribution in [2.45, 2.75) is 87.2 Å². The summed E-state index contributed by atoms with van der Waals surface area (Å²) in [6, 6.07) is 15.7. The van der Waals surface area contributed by atoms with Gasteiger partial charge in [-0.1, -0.05) is 32.9 Å². The van der Waals surface area contributed by atoms with Gasteiger partial charge in [-0.2, -0.15) is 13.2 Å². The summed E-state index contributed by atoms with van der Waals surface area (Å²) in [5, 5.41) is 7.09. The molecule has 2 aromatic carbocycles. The van der Waals surface area contributed by atoms with Crippen LogP contribution in [0.5, 0.6) is 0 Å². The second kappa shape index (κ2) is 13.5. The Bertz CT molecular complexity index is 1080. The quantitative estimate of drug-likeness (QED) is 0.306. The molecule has 2 aromatic rings. The highest BCUT2D eigenvalue weighted by atomic mass is 32.2. The number of rotatable bonds is 9. The Hall–Kier alpha value is -2.39. The lowest BCUT2D eigenvalue weighted by Gasteiger charge is -2.35. The molecule has 5 nitrogen and oxygen atoms in total. The number of hydrogen-bond acceptors (Lipinski definition) is 5. The third-order valence-corrected chi connectivity index (χ3v) is 8.55. The van der Waals surface area contributed by atoms with Gasteiger partial charge in [-0.25, -0.2) is 0 Å². The van der Waals surface area contributed by atoms with Gasteiger partial charge in [0.05, 0.1) is 0 Å². The Balaban J connectivity index is 1.13. The van der Waals surface area contributed by atoms with Crippen molar-refractivity contribution in [3.8, 4) is 0 Å². The van der Waals surface area contributed by atoms with Crippen LogP contribution in [0.2, 0.25) is 0 Å². The zero-order valence-corrected chi connectivity index (χ0v) is 24.7. The summed E-state index contributed by atoms with van der Waals surface area (Å²) < 4.78 is 37.7. The molecule has 2 saturated heterocycles. The van der Waals surface area contributed by atoms with Crippen LogP contribution in [-0.2, 0) is 10.2 Å². The fourth-order valence-corrected chi connectivity index (χ4v) is 6.06. The molecule has 1 amide bonds. The van der Waals surface area contributed by atoms with Crippen molar-refractivity contribution in [3.63, 3.8) is 0 Å². The molecule has 40 heavy (non-hydrogen) atoms. The molecule has 9 heteroatoms. The molecule has 1 atom stereocenters. The molecule has 0 radical (unpaired) electrons. The maximum Gasteiger partial charge on any atom is 0.446 e. The Labute approximate surface area is 241 Å². The van der Waals surface area contributed by atoms with Gasteiger partial charge in [-0.05, 0) is 97.8 Å². The normalized spacial score (nSPS) is 19.4. The Kier molecular flexibility index (Phi) is 10.3. The van der Waals surface area contributed by atoms with Gasteiger partial charge in [0, 0.05) is 61.0 Å². The van der Waals surface area contributed by atoms with Gasteiger partial charge in [-0.3, -0.25) is 4.79 Å². The first-order valence-corrected chi connectivity index (χ1v) is 15.3. The molecule has 2 aliphatic heterocycles. The van der Waals surface area contributed by atoms with Crippen molar-refractivity contribution in [1.29, 1.82) is 0 Å². The zero-order chi connectivity index (χ0) is 28.8. The third kappa shape index (κ3) is 9.61. The molecule has 2 fully saturated rings. The van der Waals surface area contributed by atoms with Gasteiger partial charge in [0.1, 0.15) is 0 Å². The average molecular weight is 577 g/mol. The lowest BCUT2D eigenvalue weighted by molar-refractivity contribution is -0.132. The summed E-state index contributed by atoms with van der Waals surface area (Å²) in [5.41, 5.74) is -0.814. The number of piperidine rings is 2. The first-order valence-electron chi connectivity index (χ1n) is 14.4. The fraction of sp³-hybridized carbons (Fsp3) is 0.581. The van der Waals surface area contributed by atoms with E-state index in [4.69, 9.17) is 0 Å². The van der Waals surface area contributed by atoms with E-state index in [9.17, 15) is 18.0 Å². The first-order chi connectivity index (χ1) is 18.9. The minimum atomic E-state index is -4.29. The van der Waals surface area contributed by atoms with Gasteiger partial charge in [-0.15, -0.1) is 0 Å². The lowest BCUT2D eigenvalue weighted by atomic mass is 9.87. The van der Waals surface area contributed by atoms with Crippen molar-refractivity contribution in [2.24, 2.45) is 0 Å². The number of benzene rings is 2. The van der Waals surface area contributed by atoms with E-state index in [0.717, 1.165) is 64.0 Å². The molecule has 0 spiro atoms. The Morgan fingerprint density at radius 3 is 2.08 bits per heavy atom. The van der Waals surface area contributed by atoms with Crippen LogP contribution in [0, 0.1) is 0 Å². The molecule has 0 aliphatic carbocycles. The molecule has 0 saturated carbocycles. The highest BCUT2D eigenvalue weighted by Crippen LogP contribution is 2.37. The van der Waals surface area contributed by atoms with E-state index in [2.05, 4.69) is 60.6 Å². The van der Waals surface area contributed by atoms with Gasteiger partial charge in [0.25, 0.3) is 0 Å². The molecule has 0 unspecified atom stereocenters. The van der Waals surface area contributed by atoms with Crippen molar-refractivity contribution >= 4 is 29.0 Å². The lowest BCUT2D eigenvalue weighted by Crippen LogP contribution is -2.45. The molecule has 2 N–H and O–H groups in total. The number of hydrogen-bond donors (Lipinski definition) is 2. The van der Waals surface area contributed by atoms with E-state index in [1.54, 1.807) is 12.1 Å². The number of thioether (sulfide) groups is 1. The summed E-state index contributed by atoms with van der Waals surface area (Å²) in [5.74, 6) is 0.193. The number of carbonyl (C=O) groups is 1. The minimum Gasteiger partial charge on any atom is -0.382 e. The fourth-order valence-electron chi connectivity index (χ4n) is 5.53. The standard InChI is InChI=1S/C31H43F3N4OS/c1-30(2,3)23-8-10-24(11-9-23)35-26-16-20-37(21-17-26)18-5-7-29(39)38-19-4-6-27(22-38)36-25-12-14-28(15-13-25)40-31(32,33)34/h8-15,26-27,35-36H,4-7,16-22H2,1-3H3/t27-/m0/s1. The molecular weight excluding hydrogens is 533 g/mol. The summed E-state index contributed by atoms with van der Waals surface area (Å²) in [7, 11) is 0. The number of amides is 1. The molecule has 0 bridgehead atoms. The summed E-state index contributed by atoms with van der Waals surface area (Å²) >= 11 is -0.109. The molecule has 2 heterocycles. The second-order valence-corrected chi connectivity index (χ2v) is 13.2. The van der Waals surface area contributed by atoms with Crippen molar-refractivity contribution < 1.29 is 18.0 Å². The number of nitrogens with one attached hydrogen (secondary N) is 2. The summed E-state index contributed by atoms with van der Waals surface area (Å²) in [6.45, 7) is 11.1. The molecule has 0 aromatic heterocycles. The highest BCUT2D eigenvalue weighted by molar-refractivity contribution is 8.00. The van der Waals surface area contributed by atoms with Crippen molar-refractivity contribution in [1.82, 2.24) is 9.80 Å². The van der Waals surface area contributed by atoms with Crippen LogP contribution in [-0.4, -0.2) is 66.0 Å². The number of alkyl halides is 3. The summed E-state index contributed by atoms with van der Waals surface area (Å²) in [6.07, 6.45) is 5.47. The maximum atomic E-state index is 12.9. The molecular formula is C31H43F3N4OS. The number of anilines is 2. The number of nitrogens with zero attached hydrogens (tertiary/aromatic N) is 2. The van der Waals surface area contributed by atoms with E-state index in [1.807, 2.05) is 4.90 Å². The van der Waals surface area contributed by atoms with Crippen LogP contribution in [0.1, 0.15) is 64.9 Å². The topological polar surface area (TPSA) is 47.6 Å². The number of halogens is 3. The van der Waals surface area contributed by atoms with E-state index < -0.39 is 5.51 Å². The zero-order valence-electron chi connectivity index (χ0n) is 23.9. The van der Waals surface area contributed by atoms with Crippen molar-refractivity contribution in [2.75, 3.05) is 43.4 Å². The average Bonchev–Trinajstić information content (AvgIpc) is 2.90. The van der Waals surface area contributed by atoms with E-state index in [-0.39, 0.29) is 34.0 Å². The molecule has 220 valence electrons. The second-order valence-electron chi connectivity index (χ2n) is 12.1. The van der Waals surface area contributed by atoms with Crippen LogP contribution >= 0.6 is 11.8 Å². The molecule has 4 rings (SSSR count). The van der Waals surface area contributed by atoms with Gasteiger partial charge < -0.3 is 20.4 Å². The first kappa shape index (κ1) is 30.6. The van der Waals surface area contributed by atoms with Crippen LogP contribution in [0.15, 0.2) is 53.4 Å². The molecule has 2 aliphatic rings. The number of carbonyl (C=O) groups excluding carboxylic acids is 1. The van der Waals surface area contributed by atoms with Crippen LogP contribution in [0.3, 0.4) is 0 Å². The van der Waals surface area contributed by atoms with Crippen LogP contribution in [0.25, 0.3) is 0 Å². The largest absolute Gasteiger partial charge is 0.446 e. The predicted octanol–water partition coefficient (Wildman–Crippen LogP) is 7.36. The predicted molar refractivity (Wildman–Crippen MR) is 159 cm³/mol. The monoisotopic (exact) mass is 576 g/mol. The minimum absolute atomic E-state index is 0.106. The van der Waals surface area contributed by atoms with Gasteiger partial charge >= 0.3 is 5.51 Å². The van der Waals surface area contributed by atoms with Crippen molar-refractivity contribution in [3.05, 3.63) is 54.1 Å². The van der Waals surface area contributed by atoms with E-state index in [0.29, 0.717) is 19.0 Å². The van der Waals surface area contributed by atoms with Gasteiger partial charge in [0.2, 0.25) is 5.91 Å². The number of likely N-dealkylation sites (tertiary alicyclic amines) is 2. The van der Waals surface area contributed by atoms with E-state index in [1.165, 1.54) is 23.4 Å². The Morgan fingerprint density at radius 1 is 0.875 bits per heavy atom. The van der Waals surface area contributed by atoms with Crippen LogP contribution in [0.4, 0.5) is 24.5 Å². The smallest absolute Gasteiger partial charge is 0.382 e. The summed E-state index contributed by atoms with van der Waals surface area (Å²) in [4.78, 5) is 17.5. The van der Waals surface area contributed by atoms with Crippen LogP contribution < -0.4 is 10.6 Å². The maximum absolute atomic E-state index is 12.9. The van der Waals surface area contributed by atoms with Gasteiger partial charge in [0.15, 0.2) is 0 Å². The SMILES string of the molecule is CC(C)(C)c1ccc(NC2CCN(CCCC(=O)N3CCC[C@H](Nc4ccc(SC(F)(F)F)cc4)C3)CC2)cc1. The third-order valence-electron chi connectivity index (χ3n) is 7.81. The van der Waals surface area contributed by atoms with E-state index >= 15 is 0 Å². The Morgan fingerprint density at radius 2 is 1.48 bits per heavy atom. The highest BCUT2D eigenvalue weighted by Gasteiger charge is 2.29.